The van der Waals surface area contributed by atoms with Crippen molar-refractivity contribution >= 4 is 11.8 Å². The largest absolute Gasteiger partial charge is 0.441 e. The van der Waals surface area contributed by atoms with Crippen LogP contribution in [0.25, 0.3) is 11.3 Å². The van der Waals surface area contributed by atoms with E-state index in [1.165, 1.54) is 24.3 Å². The summed E-state index contributed by atoms with van der Waals surface area (Å²) >= 11 is 0. The van der Waals surface area contributed by atoms with Crippen LogP contribution in [0.1, 0.15) is 23.4 Å². The predicted molar refractivity (Wildman–Crippen MR) is 101 cm³/mol. The van der Waals surface area contributed by atoms with Gasteiger partial charge in [0.1, 0.15) is 5.82 Å². The number of hydrogen-bond acceptors (Lipinski definition) is 4. The minimum Gasteiger partial charge on any atom is -0.441 e. The van der Waals surface area contributed by atoms with Crippen molar-refractivity contribution in [2.24, 2.45) is 0 Å². The number of nitrogens with one attached hydrogen (secondary N) is 2. The minimum absolute atomic E-state index is 0.0419. The Kier molecular flexibility index (Phi) is 6.16. The van der Waals surface area contributed by atoms with Gasteiger partial charge in [-0.2, -0.15) is 0 Å². The molecule has 2 aromatic carbocycles. The van der Waals surface area contributed by atoms with E-state index in [1.807, 2.05) is 31.2 Å². The Balaban J connectivity index is 1.42. The van der Waals surface area contributed by atoms with Crippen LogP contribution in [0.15, 0.2) is 59.1 Å². The van der Waals surface area contributed by atoms with Gasteiger partial charge in [-0.25, -0.2) is 9.37 Å². The molecule has 1 heterocycles. The number of benzene rings is 2. The van der Waals surface area contributed by atoms with Gasteiger partial charge in [0.2, 0.25) is 11.8 Å². The molecule has 0 spiro atoms. The second-order valence-corrected chi connectivity index (χ2v) is 6.38. The molecule has 0 atom stereocenters. The third-order valence-electron chi connectivity index (χ3n) is 4.07. The van der Waals surface area contributed by atoms with Gasteiger partial charge in [0, 0.05) is 18.4 Å². The van der Waals surface area contributed by atoms with Crippen molar-refractivity contribution in [2.75, 3.05) is 0 Å². The second-order valence-electron chi connectivity index (χ2n) is 6.38. The van der Waals surface area contributed by atoms with Crippen LogP contribution in [0.4, 0.5) is 4.39 Å². The Hall–Kier alpha value is -3.48. The van der Waals surface area contributed by atoms with Gasteiger partial charge in [-0.1, -0.05) is 42.0 Å². The van der Waals surface area contributed by atoms with Crippen molar-refractivity contribution < 1.29 is 18.4 Å². The molecular weight excluding hydrogens is 361 g/mol. The van der Waals surface area contributed by atoms with E-state index >= 15 is 0 Å². The summed E-state index contributed by atoms with van der Waals surface area (Å²) in [5.74, 6) is -0.0267. The first-order valence-electron chi connectivity index (χ1n) is 8.83. The SMILES string of the molecule is Cc1ccc(-c2cnc(CCC(=O)NNC(=O)Cc3ccc(F)cc3)o2)cc1. The van der Waals surface area contributed by atoms with E-state index in [-0.39, 0.29) is 24.6 Å². The molecule has 28 heavy (non-hydrogen) atoms. The smallest absolute Gasteiger partial charge is 0.242 e. The molecule has 6 nitrogen and oxygen atoms in total. The van der Waals surface area contributed by atoms with E-state index in [1.54, 1.807) is 6.20 Å². The van der Waals surface area contributed by atoms with Crippen LogP contribution in [0.5, 0.6) is 0 Å². The molecule has 3 rings (SSSR count). The van der Waals surface area contributed by atoms with Crippen LogP contribution >= 0.6 is 0 Å². The third-order valence-corrected chi connectivity index (χ3v) is 4.07. The summed E-state index contributed by atoms with van der Waals surface area (Å²) in [6, 6.07) is 13.5. The molecule has 0 radical (unpaired) electrons. The fourth-order valence-electron chi connectivity index (χ4n) is 2.53. The lowest BCUT2D eigenvalue weighted by atomic mass is 10.1. The van der Waals surface area contributed by atoms with Gasteiger partial charge in [-0.05, 0) is 24.6 Å². The minimum atomic E-state index is -0.391. The summed E-state index contributed by atoms with van der Waals surface area (Å²) in [5.41, 5.74) is 7.40. The van der Waals surface area contributed by atoms with Gasteiger partial charge < -0.3 is 4.42 Å². The van der Waals surface area contributed by atoms with E-state index in [4.69, 9.17) is 4.42 Å². The molecule has 0 aliphatic rings. The predicted octanol–water partition coefficient (Wildman–Crippen LogP) is 3.11. The topological polar surface area (TPSA) is 84.2 Å². The number of nitrogens with zero attached hydrogens (tertiary/aromatic N) is 1. The lowest BCUT2D eigenvalue weighted by molar-refractivity contribution is -0.128. The molecule has 0 fully saturated rings. The standard InChI is InChI=1S/C21H20FN3O3/c1-14-2-6-16(7-3-14)18-13-23-21(28-18)11-10-19(26)24-25-20(27)12-15-4-8-17(22)9-5-15/h2-9,13H,10-12H2,1H3,(H,24,26)(H,25,27). The molecule has 0 saturated heterocycles. The summed E-state index contributed by atoms with van der Waals surface area (Å²) in [5, 5.41) is 0. The zero-order chi connectivity index (χ0) is 19.9. The number of carbonyl (C=O) groups is 2. The van der Waals surface area contributed by atoms with Crippen LogP contribution in [-0.2, 0) is 22.4 Å². The Morgan fingerprint density at radius 2 is 1.68 bits per heavy atom. The highest BCUT2D eigenvalue weighted by molar-refractivity contribution is 5.83. The summed E-state index contributed by atoms with van der Waals surface area (Å²) in [6.07, 6.45) is 2.10. The van der Waals surface area contributed by atoms with Gasteiger partial charge in [0.15, 0.2) is 11.7 Å². The molecule has 1 aromatic heterocycles. The molecule has 7 heteroatoms. The molecule has 2 amide bonds. The van der Waals surface area contributed by atoms with Crippen molar-refractivity contribution in [1.82, 2.24) is 15.8 Å². The summed E-state index contributed by atoms with van der Waals surface area (Å²) in [4.78, 5) is 27.9. The van der Waals surface area contributed by atoms with Crippen LogP contribution in [0.3, 0.4) is 0 Å². The Morgan fingerprint density at radius 1 is 1.00 bits per heavy atom. The number of amides is 2. The maximum atomic E-state index is 12.8. The highest BCUT2D eigenvalue weighted by Crippen LogP contribution is 2.21. The van der Waals surface area contributed by atoms with Crippen molar-refractivity contribution in [1.29, 1.82) is 0 Å². The van der Waals surface area contributed by atoms with Crippen LogP contribution in [0.2, 0.25) is 0 Å². The second kappa shape index (κ2) is 8.94. The van der Waals surface area contributed by atoms with E-state index in [2.05, 4.69) is 15.8 Å². The fraction of sp³-hybridized carbons (Fsp3) is 0.190. The molecule has 0 aliphatic carbocycles. The van der Waals surface area contributed by atoms with Crippen molar-refractivity contribution in [3.05, 3.63) is 77.6 Å². The van der Waals surface area contributed by atoms with E-state index in [0.29, 0.717) is 23.6 Å². The zero-order valence-corrected chi connectivity index (χ0v) is 15.4. The number of hydrogen-bond donors (Lipinski definition) is 2. The number of hydrazine groups is 1. The zero-order valence-electron chi connectivity index (χ0n) is 15.4. The van der Waals surface area contributed by atoms with Crippen LogP contribution in [0, 0.1) is 12.7 Å². The average Bonchev–Trinajstić information content (AvgIpc) is 3.16. The molecule has 0 aliphatic heterocycles. The molecule has 0 unspecified atom stereocenters. The van der Waals surface area contributed by atoms with E-state index in [0.717, 1.165) is 11.1 Å². The number of aromatic nitrogens is 1. The maximum absolute atomic E-state index is 12.8. The lowest BCUT2D eigenvalue weighted by Crippen LogP contribution is -2.42. The first-order valence-corrected chi connectivity index (χ1v) is 8.83. The molecule has 144 valence electrons. The number of rotatable bonds is 6. The van der Waals surface area contributed by atoms with Crippen molar-refractivity contribution in [2.45, 2.75) is 26.2 Å². The van der Waals surface area contributed by atoms with Gasteiger partial charge >= 0.3 is 0 Å². The molecule has 3 aromatic rings. The first kappa shape index (κ1) is 19.3. The van der Waals surface area contributed by atoms with E-state index in [9.17, 15) is 14.0 Å². The molecule has 0 bridgehead atoms. The third kappa shape index (κ3) is 5.51. The number of carbonyl (C=O) groups excluding carboxylic acids is 2. The van der Waals surface area contributed by atoms with Crippen molar-refractivity contribution in [3.8, 4) is 11.3 Å². The van der Waals surface area contributed by atoms with Gasteiger partial charge in [0.05, 0.1) is 12.6 Å². The summed E-state index contributed by atoms with van der Waals surface area (Å²) in [6.45, 7) is 2.01. The Labute approximate surface area is 161 Å². The molecule has 0 saturated carbocycles. The summed E-state index contributed by atoms with van der Waals surface area (Å²) < 4.78 is 18.5. The molecule has 2 N–H and O–H groups in total. The quantitative estimate of drug-likeness (QED) is 0.643. The van der Waals surface area contributed by atoms with Gasteiger partial charge in [0.25, 0.3) is 0 Å². The van der Waals surface area contributed by atoms with E-state index < -0.39 is 5.91 Å². The highest BCUT2D eigenvalue weighted by atomic mass is 19.1. The maximum Gasteiger partial charge on any atom is 0.242 e. The first-order chi connectivity index (χ1) is 13.5. The highest BCUT2D eigenvalue weighted by Gasteiger charge is 2.10. The fourth-order valence-corrected chi connectivity index (χ4v) is 2.53. The van der Waals surface area contributed by atoms with Crippen LogP contribution in [-0.4, -0.2) is 16.8 Å². The number of aryl methyl sites for hydroxylation is 2. The number of oxazole rings is 1. The number of halogens is 1. The summed E-state index contributed by atoms with van der Waals surface area (Å²) in [7, 11) is 0. The lowest BCUT2D eigenvalue weighted by Gasteiger charge is -2.07. The average molecular weight is 381 g/mol. The molecular formula is C21H20FN3O3. The van der Waals surface area contributed by atoms with Gasteiger partial charge in [-0.15, -0.1) is 0 Å². The monoisotopic (exact) mass is 381 g/mol. The van der Waals surface area contributed by atoms with Crippen molar-refractivity contribution in [3.63, 3.8) is 0 Å². The van der Waals surface area contributed by atoms with Gasteiger partial charge in [-0.3, -0.25) is 20.4 Å². The normalized spacial score (nSPS) is 10.5. The Morgan fingerprint density at radius 3 is 2.39 bits per heavy atom. The Bertz CT molecular complexity index is 950. The van der Waals surface area contributed by atoms with Crippen LogP contribution < -0.4 is 10.9 Å².